The van der Waals surface area contributed by atoms with Gasteiger partial charge in [-0.1, -0.05) is 0 Å². The number of aliphatic hydroxyl groups excluding tert-OH is 1. The summed E-state index contributed by atoms with van der Waals surface area (Å²) in [6.07, 6.45) is 3.92. The highest BCUT2D eigenvalue weighted by molar-refractivity contribution is 7.10. The molecule has 0 saturated carbocycles. The standard InChI is InChI=1S/C12H16O3S/c1-15-12(14)6-10(13)9-7-16-11-5-3-2-4-8(9)11/h7,10,13H,2-6H2,1H3/t10-/m0/s1. The molecule has 1 aromatic rings. The molecule has 1 aliphatic rings. The first-order chi connectivity index (χ1) is 7.72. The number of hydrogen-bond donors (Lipinski definition) is 1. The van der Waals surface area contributed by atoms with Crippen molar-refractivity contribution in [3.63, 3.8) is 0 Å². The van der Waals surface area contributed by atoms with E-state index in [0.717, 1.165) is 18.4 Å². The summed E-state index contributed by atoms with van der Waals surface area (Å²) in [5.74, 6) is -0.358. The zero-order chi connectivity index (χ0) is 11.5. The van der Waals surface area contributed by atoms with E-state index < -0.39 is 6.10 Å². The minimum absolute atomic E-state index is 0.0552. The van der Waals surface area contributed by atoms with E-state index in [-0.39, 0.29) is 12.4 Å². The van der Waals surface area contributed by atoms with Gasteiger partial charge in [0, 0.05) is 4.88 Å². The summed E-state index contributed by atoms with van der Waals surface area (Å²) in [5, 5.41) is 12.0. The van der Waals surface area contributed by atoms with Crippen LogP contribution in [0.2, 0.25) is 0 Å². The molecule has 0 bridgehead atoms. The molecule has 1 N–H and O–H groups in total. The molecule has 2 rings (SSSR count). The van der Waals surface area contributed by atoms with E-state index >= 15 is 0 Å². The number of hydrogen-bond acceptors (Lipinski definition) is 4. The quantitative estimate of drug-likeness (QED) is 0.824. The molecule has 0 spiro atoms. The zero-order valence-corrected chi connectivity index (χ0v) is 10.2. The number of carbonyl (C=O) groups is 1. The second-order valence-electron chi connectivity index (χ2n) is 4.10. The van der Waals surface area contributed by atoms with Crippen LogP contribution in [-0.2, 0) is 22.4 Å². The number of aryl methyl sites for hydroxylation is 1. The number of fused-ring (bicyclic) bond motifs is 1. The minimum Gasteiger partial charge on any atom is -0.469 e. The summed E-state index contributed by atoms with van der Waals surface area (Å²) in [6, 6.07) is 0. The van der Waals surface area contributed by atoms with Crippen LogP contribution in [0.5, 0.6) is 0 Å². The van der Waals surface area contributed by atoms with E-state index in [9.17, 15) is 9.90 Å². The lowest BCUT2D eigenvalue weighted by molar-refractivity contribution is -0.142. The van der Waals surface area contributed by atoms with Gasteiger partial charge < -0.3 is 9.84 Å². The van der Waals surface area contributed by atoms with Crippen LogP contribution in [0, 0.1) is 0 Å². The van der Waals surface area contributed by atoms with Crippen LogP contribution < -0.4 is 0 Å². The van der Waals surface area contributed by atoms with Gasteiger partial charge in [0.25, 0.3) is 0 Å². The molecular weight excluding hydrogens is 224 g/mol. The molecule has 1 aromatic heterocycles. The molecule has 1 aliphatic carbocycles. The fourth-order valence-electron chi connectivity index (χ4n) is 2.15. The van der Waals surface area contributed by atoms with Crippen molar-refractivity contribution in [1.29, 1.82) is 0 Å². The van der Waals surface area contributed by atoms with Crippen molar-refractivity contribution < 1.29 is 14.6 Å². The van der Waals surface area contributed by atoms with E-state index in [1.165, 1.54) is 30.4 Å². The topological polar surface area (TPSA) is 46.5 Å². The average Bonchev–Trinajstić information content (AvgIpc) is 2.72. The fraction of sp³-hybridized carbons (Fsp3) is 0.583. The van der Waals surface area contributed by atoms with Crippen LogP contribution >= 0.6 is 11.3 Å². The molecule has 88 valence electrons. The number of rotatable bonds is 3. The van der Waals surface area contributed by atoms with Crippen molar-refractivity contribution in [3.8, 4) is 0 Å². The highest BCUT2D eigenvalue weighted by Gasteiger charge is 2.22. The van der Waals surface area contributed by atoms with Crippen molar-refractivity contribution in [2.45, 2.75) is 38.2 Å². The maximum atomic E-state index is 11.1. The highest BCUT2D eigenvalue weighted by Crippen LogP contribution is 2.34. The first-order valence-electron chi connectivity index (χ1n) is 5.56. The number of esters is 1. The Hall–Kier alpha value is -0.870. The van der Waals surface area contributed by atoms with Gasteiger partial charge in [-0.3, -0.25) is 4.79 Å². The van der Waals surface area contributed by atoms with Gasteiger partial charge >= 0.3 is 5.97 Å². The summed E-state index contributed by atoms with van der Waals surface area (Å²) in [6.45, 7) is 0. The summed E-state index contributed by atoms with van der Waals surface area (Å²) < 4.78 is 4.57. The molecule has 0 fully saturated rings. The number of thiophene rings is 1. The van der Waals surface area contributed by atoms with Gasteiger partial charge in [-0.25, -0.2) is 0 Å². The Labute approximate surface area is 99.1 Å². The maximum Gasteiger partial charge on any atom is 0.308 e. The third-order valence-electron chi connectivity index (χ3n) is 3.04. The first kappa shape index (κ1) is 11.6. The highest BCUT2D eigenvalue weighted by atomic mass is 32.1. The van der Waals surface area contributed by atoms with Crippen molar-refractivity contribution in [3.05, 3.63) is 21.4 Å². The minimum atomic E-state index is -0.703. The Morgan fingerprint density at radius 1 is 1.56 bits per heavy atom. The molecule has 0 amide bonds. The molecule has 16 heavy (non-hydrogen) atoms. The predicted molar refractivity (Wildman–Crippen MR) is 62.6 cm³/mol. The van der Waals surface area contributed by atoms with Gasteiger partial charge in [-0.05, 0) is 42.2 Å². The first-order valence-corrected chi connectivity index (χ1v) is 6.44. The van der Waals surface area contributed by atoms with Crippen LogP contribution in [0.1, 0.15) is 41.4 Å². The number of aliphatic hydroxyl groups is 1. The molecule has 0 radical (unpaired) electrons. The van der Waals surface area contributed by atoms with E-state index in [1.54, 1.807) is 11.3 Å². The van der Waals surface area contributed by atoms with Crippen LogP contribution in [0.15, 0.2) is 5.38 Å². The van der Waals surface area contributed by atoms with E-state index in [0.29, 0.717) is 0 Å². The van der Waals surface area contributed by atoms with Crippen LogP contribution in [0.25, 0.3) is 0 Å². The molecule has 0 aromatic carbocycles. The molecule has 0 saturated heterocycles. The largest absolute Gasteiger partial charge is 0.469 e. The monoisotopic (exact) mass is 240 g/mol. The lowest BCUT2D eigenvalue weighted by Gasteiger charge is -2.15. The van der Waals surface area contributed by atoms with Gasteiger partial charge in [0.05, 0.1) is 19.6 Å². The Morgan fingerprint density at radius 2 is 2.31 bits per heavy atom. The van der Waals surface area contributed by atoms with Crippen LogP contribution in [-0.4, -0.2) is 18.2 Å². The Morgan fingerprint density at radius 3 is 3.06 bits per heavy atom. The van der Waals surface area contributed by atoms with Crippen LogP contribution in [0.3, 0.4) is 0 Å². The smallest absolute Gasteiger partial charge is 0.308 e. The SMILES string of the molecule is COC(=O)C[C@H](O)c1csc2c1CCCC2. The molecular formula is C12H16O3S. The number of methoxy groups -OCH3 is 1. The summed E-state index contributed by atoms with van der Waals surface area (Å²) >= 11 is 1.70. The maximum absolute atomic E-state index is 11.1. The molecule has 4 heteroatoms. The van der Waals surface area contributed by atoms with Gasteiger partial charge in [-0.15, -0.1) is 11.3 Å². The second kappa shape index (κ2) is 4.97. The van der Waals surface area contributed by atoms with E-state index in [1.807, 2.05) is 5.38 Å². The van der Waals surface area contributed by atoms with E-state index in [2.05, 4.69) is 4.74 Å². The Kier molecular flexibility index (Phi) is 3.61. The summed E-state index contributed by atoms with van der Waals surface area (Å²) in [5.41, 5.74) is 2.21. The van der Waals surface area contributed by atoms with Crippen LogP contribution in [0.4, 0.5) is 0 Å². The summed E-state index contributed by atoms with van der Waals surface area (Å²) in [4.78, 5) is 12.5. The summed E-state index contributed by atoms with van der Waals surface area (Å²) in [7, 11) is 1.35. The normalized spacial score (nSPS) is 16.6. The van der Waals surface area contributed by atoms with Crippen molar-refractivity contribution >= 4 is 17.3 Å². The molecule has 1 atom stereocenters. The lowest BCUT2D eigenvalue weighted by Crippen LogP contribution is -2.10. The third-order valence-corrected chi connectivity index (χ3v) is 4.15. The van der Waals surface area contributed by atoms with Crippen molar-refractivity contribution in [2.75, 3.05) is 7.11 Å². The molecule has 0 unspecified atom stereocenters. The average molecular weight is 240 g/mol. The number of ether oxygens (including phenoxy) is 1. The van der Waals surface area contributed by atoms with Crippen molar-refractivity contribution in [1.82, 2.24) is 0 Å². The van der Waals surface area contributed by atoms with E-state index in [4.69, 9.17) is 0 Å². The van der Waals surface area contributed by atoms with Crippen molar-refractivity contribution in [2.24, 2.45) is 0 Å². The van der Waals surface area contributed by atoms with Gasteiger partial charge in [0.1, 0.15) is 0 Å². The number of carbonyl (C=O) groups excluding carboxylic acids is 1. The molecule has 0 aliphatic heterocycles. The third kappa shape index (κ3) is 2.28. The second-order valence-corrected chi connectivity index (χ2v) is 5.06. The predicted octanol–water partition coefficient (Wildman–Crippen LogP) is 2.22. The Bertz CT molecular complexity index is 384. The Balaban J connectivity index is 2.14. The van der Waals surface area contributed by atoms with Gasteiger partial charge in [-0.2, -0.15) is 0 Å². The zero-order valence-electron chi connectivity index (χ0n) is 9.36. The lowest BCUT2D eigenvalue weighted by atomic mass is 9.93. The fourth-order valence-corrected chi connectivity index (χ4v) is 3.34. The molecule has 3 nitrogen and oxygen atoms in total. The molecule has 1 heterocycles. The van der Waals surface area contributed by atoms with Gasteiger partial charge in [0.2, 0.25) is 0 Å². The van der Waals surface area contributed by atoms with Gasteiger partial charge in [0.15, 0.2) is 0 Å².